The molecule has 128 valence electrons. The van der Waals surface area contributed by atoms with Crippen molar-refractivity contribution in [1.29, 1.82) is 0 Å². The van der Waals surface area contributed by atoms with Crippen molar-refractivity contribution in [1.82, 2.24) is 9.97 Å². The number of hydrogen-bond donors (Lipinski definition) is 1. The minimum absolute atomic E-state index is 0.206. The van der Waals surface area contributed by atoms with E-state index in [1.807, 2.05) is 0 Å². The van der Waals surface area contributed by atoms with Crippen molar-refractivity contribution >= 4 is 46.4 Å². The van der Waals surface area contributed by atoms with Gasteiger partial charge in [-0.15, -0.1) is 0 Å². The highest BCUT2D eigenvalue weighted by Gasteiger charge is 2.24. The van der Waals surface area contributed by atoms with E-state index in [-0.39, 0.29) is 11.9 Å². The van der Waals surface area contributed by atoms with Gasteiger partial charge in [-0.1, -0.05) is 29.3 Å². The number of ether oxygens (including phenoxy) is 1. The summed E-state index contributed by atoms with van der Waals surface area (Å²) in [6.07, 6.45) is 4.89. The van der Waals surface area contributed by atoms with Gasteiger partial charge in [-0.05, 0) is 42.5 Å². The molecule has 1 aromatic heterocycles. The Kier molecular flexibility index (Phi) is 4.32. The largest absolute Gasteiger partial charge is 0.424 e. The molecule has 2 heterocycles. The van der Waals surface area contributed by atoms with Gasteiger partial charge in [0.05, 0.1) is 5.69 Å². The topological polar surface area (TPSA) is 64.1 Å². The molecule has 0 saturated carbocycles. The lowest BCUT2D eigenvalue weighted by Crippen LogP contribution is -2.03. The van der Waals surface area contributed by atoms with Gasteiger partial charge < -0.3 is 10.1 Å². The molecule has 1 amide bonds. The van der Waals surface area contributed by atoms with Crippen LogP contribution in [0.15, 0.2) is 54.9 Å². The molecule has 4 rings (SSSR count). The first kappa shape index (κ1) is 16.6. The maximum absolute atomic E-state index is 12.4. The zero-order valence-electron chi connectivity index (χ0n) is 13.2. The van der Waals surface area contributed by atoms with E-state index in [2.05, 4.69) is 15.3 Å². The predicted molar refractivity (Wildman–Crippen MR) is 102 cm³/mol. The standard InChI is InChI=1S/C19H11Cl2N3O2/c20-12-3-5-17(26-19-22-6-1-7-23-19)11(8-12)9-15-14-4-2-13(21)10-16(14)24-18(15)25/h1-10H,(H,24,25)/b15-9-. The number of fused-ring (bicyclic) bond motifs is 1. The normalized spacial score (nSPS) is 14.2. The minimum atomic E-state index is -0.218. The summed E-state index contributed by atoms with van der Waals surface area (Å²) in [4.78, 5) is 20.5. The molecule has 3 aromatic rings. The Hall–Kier alpha value is -2.89. The van der Waals surface area contributed by atoms with Gasteiger partial charge in [0.15, 0.2) is 0 Å². The zero-order chi connectivity index (χ0) is 18.1. The second-order valence-electron chi connectivity index (χ2n) is 5.52. The SMILES string of the molecule is O=C1Nc2cc(Cl)ccc2/C1=C/c1cc(Cl)ccc1Oc1ncccn1. The zero-order valence-corrected chi connectivity index (χ0v) is 14.8. The van der Waals surface area contributed by atoms with E-state index in [0.29, 0.717) is 32.6 Å². The lowest BCUT2D eigenvalue weighted by atomic mass is 10.0. The number of halogens is 2. The maximum Gasteiger partial charge on any atom is 0.321 e. The van der Waals surface area contributed by atoms with Crippen LogP contribution in [0.4, 0.5) is 5.69 Å². The first-order valence-electron chi connectivity index (χ1n) is 7.67. The molecule has 0 radical (unpaired) electrons. The molecule has 0 saturated heterocycles. The summed E-state index contributed by atoms with van der Waals surface area (Å²) in [7, 11) is 0. The molecule has 0 fully saturated rings. The summed E-state index contributed by atoms with van der Waals surface area (Å²) in [5.41, 5.74) is 2.57. The van der Waals surface area contributed by atoms with Gasteiger partial charge in [0.25, 0.3) is 5.91 Å². The van der Waals surface area contributed by atoms with Crippen molar-refractivity contribution in [3.8, 4) is 11.8 Å². The van der Waals surface area contributed by atoms with Crippen LogP contribution in [0.25, 0.3) is 11.6 Å². The van der Waals surface area contributed by atoms with Gasteiger partial charge in [0, 0.05) is 39.1 Å². The first-order valence-corrected chi connectivity index (χ1v) is 8.43. The van der Waals surface area contributed by atoms with Gasteiger partial charge in [-0.3, -0.25) is 4.79 Å². The number of benzene rings is 2. The summed E-state index contributed by atoms with van der Waals surface area (Å²) in [6.45, 7) is 0. The van der Waals surface area contributed by atoms with E-state index in [1.54, 1.807) is 60.9 Å². The molecule has 1 N–H and O–H groups in total. The third-order valence-corrected chi connectivity index (χ3v) is 4.25. The number of rotatable bonds is 3. The molecule has 1 aliphatic heterocycles. The Morgan fingerprint density at radius 2 is 1.73 bits per heavy atom. The molecule has 0 spiro atoms. The lowest BCUT2D eigenvalue weighted by molar-refractivity contribution is -0.110. The second-order valence-corrected chi connectivity index (χ2v) is 6.39. The monoisotopic (exact) mass is 383 g/mol. The van der Waals surface area contributed by atoms with Crippen molar-refractivity contribution in [3.05, 3.63) is 76.0 Å². The van der Waals surface area contributed by atoms with Gasteiger partial charge in [0.1, 0.15) is 5.75 Å². The van der Waals surface area contributed by atoms with E-state index in [0.717, 1.165) is 5.56 Å². The van der Waals surface area contributed by atoms with Crippen LogP contribution in [-0.4, -0.2) is 15.9 Å². The molecular formula is C19H11Cl2N3O2. The summed E-state index contributed by atoms with van der Waals surface area (Å²) in [6, 6.07) is 12.3. The molecule has 0 aliphatic carbocycles. The molecule has 5 nitrogen and oxygen atoms in total. The van der Waals surface area contributed by atoms with Crippen LogP contribution >= 0.6 is 23.2 Å². The number of hydrogen-bond acceptors (Lipinski definition) is 4. The smallest absolute Gasteiger partial charge is 0.321 e. The fourth-order valence-corrected chi connectivity index (χ4v) is 2.98. The van der Waals surface area contributed by atoms with Crippen molar-refractivity contribution in [2.75, 3.05) is 5.32 Å². The number of nitrogens with one attached hydrogen (secondary N) is 1. The number of nitrogens with zero attached hydrogens (tertiary/aromatic N) is 2. The Bertz CT molecular complexity index is 1040. The highest BCUT2D eigenvalue weighted by Crippen LogP contribution is 2.37. The van der Waals surface area contributed by atoms with E-state index < -0.39 is 0 Å². The molecule has 7 heteroatoms. The van der Waals surface area contributed by atoms with Crippen LogP contribution < -0.4 is 10.1 Å². The number of aromatic nitrogens is 2. The average Bonchev–Trinajstić information content (AvgIpc) is 2.93. The van der Waals surface area contributed by atoms with Gasteiger partial charge in [0.2, 0.25) is 0 Å². The molecule has 0 unspecified atom stereocenters. The highest BCUT2D eigenvalue weighted by molar-refractivity contribution is 6.37. The number of amides is 1. The third-order valence-electron chi connectivity index (χ3n) is 3.78. The highest BCUT2D eigenvalue weighted by atomic mass is 35.5. The quantitative estimate of drug-likeness (QED) is 0.641. The lowest BCUT2D eigenvalue weighted by Gasteiger charge is -2.08. The predicted octanol–water partition coefficient (Wildman–Crippen LogP) is 5.07. The summed E-state index contributed by atoms with van der Waals surface area (Å²) in [5, 5.41) is 3.88. The van der Waals surface area contributed by atoms with E-state index in [4.69, 9.17) is 27.9 Å². The number of carbonyl (C=O) groups is 1. The van der Waals surface area contributed by atoms with Gasteiger partial charge >= 0.3 is 6.01 Å². The van der Waals surface area contributed by atoms with Crippen LogP contribution in [0.1, 0.15) is 11.1 Å². The number of carbonyl (C=O) groups excluding carboxylic acids is 1. The van der Waals surface area contributed by atoms with Crippen LogP contribution in [-0.2, 0) is 4.79 Å². The van der Waals surface area contributed by atoms with Crippen LogP contribution in [0.3, 0.4) is 0 Å². The summed E-state index contributed by atoms with van der Waals surface area (Å²) < 4.78 is 5.74. The van der Waals surface area contributed by atoms with E-state index in [1.165, 1.54) is 0 Å². The minimum Gasteiger partial charge on any atom is -0.424 e. The fourth-order valence-electron chi connectivity index (χ4n) is 2.63. The third kappa shape index (κ3) is 3.27. The molecule has 1 aliphatic rings. The van der Waals surface area contributed by atoms with Crippen LogP contribution in [0.5, 0.6) is 11.8 Å². The van der Waals surface area contributed by atoms with Crippen molar-refractivity contribution in [2.45, 2.75) is 0 Å². The Morgan fingerprint density at radius 3 is 2.54 bits per heavy atom. The summed E-state index contributed by atoms with van der Waals surface area (Å²) >= 11 is 12.1. The Morgan fingerprint density at radius 1 is 1.00 bits per heavy atom. The summed E-state index contributed by atoms with van der Waals surface area (Å²) in [5.74, 6) is 0.271. The van der Waals surface area contributed by atoms with E-state index in [9.17, 15) is 4.79 Å². The fraction of sp³-hybridized carbons (Fsp3) is 0. The Labute approximate surface area is 159 Å². The number of anilines is 1. The molecular weight excluding hydrogens is 373 g/mol. The van der Waals surface area contributed by atoms with Crippen LogP contribution in [0.2, 0.25) is 10.0 Å². The molecule has 2 aromatic carbocycles. The molecule has 26 heavy (non-hydrogen) atoms. The molecule has 0 bridgehead atoms. The second kappa shape index (κ2) is 6.78. The first-order chi connectivity index (χ1) is 12.6. The maximum atomic E-state index is 12.4. The van der Waals surface area contributed by atoms with Crippen molar-refractivity contribution in [3.63, 3.8) is 0 Å². The van der Waals surface area contributed by atoms with Gasteiger partial charge in [-0.2, -0.15) is 0 Å². The molecule has 0 atom stereocenters. The van der Waals surface area contributed by atoms with E-state index >= 15 is 0 Å². The van der Waals surface area contributed by atoms with Crippen molar-refractivity contribution in [2.24, 2.45) is 0 Å². The Balaban J connectivity index is 1.78. The van der Waals surface area contributed by atoms with Crippen LogP contribution in [0, 0.1) is 0 Å². The van der Waals surface area contributed by atoms with Gasteiger partial charge in [-0.25, -0.2) is 9.97 Å². The average molecular weight is 384 g/mol. The van der Waals surface area contributed by atoms with Crippen molar-refractivity contribution < 1.29 is 9.53 Å².